The van der Waals surface area contributed by atoms with Crippen molar-refractivity contribution in [2.24, 2.45) is 5.10 Å². The van der Waals surface area contributed by atoms with Crippen molar-refractivity contribution >= 4 is 44.6 Å². The molecule has 3 aromatic rings. The standard InChI is InChI=1S/C24H25ClN4O3S/c1-3-14-28-17(2)21(20-7-4-5-8-22(20)28)16-26-27-24(30)23-9-6-15-29(23)33(31,32)19-12-10-18(25)11-13-19/h3-5,7-8,10-13,16,23H,1,6,9,14-15H2,2H3,(H,27,30)/b26-16-/t23-/m1/s1. The lowest BCUT2D eigenvalue weighted by molar-refractivity contribution is -0.124. The van der Waals surface area contributed by atoms with Gasteiger partial charge in [-0.2, -0.15) is 9.41 Å². The smallest absolute Gasteiger partial charge is 0.258 e. The number of halogens is 1. The minimum atomic E-state index is -3.82. The van der Waals surface area contributed by atoms with E-state index in [0.29, 0.717) is 24.4 Å². The molecule has 4 rings (SSSR count). The molecule has 1 atom stereocenters. The van der Waals surface area contributed by atoms with Crippen LogP contribution in [0.4, 0.5) is 0 Å². The molecular formula is C24H25ClN4O3S. The fourth-order valence-electron chi connectivity index (χ4n) is 4.25. The number of nitrogens with one attached hydrogen (secondary N) is 1. The molecule has 1 aliphatic heterocycles. The molecule has 1 fully saturated rings. The van der Waals surface area contributed by atoms with Crippen molar-refractivity contribution in [1.29, 1.82) is 0 Å². The second-order valence-electron chi connectivity index (χ2n) is 7.88. The second kappa shape index (κ2) is 9.51. The molecule has 1 aliphatic rings. The Bertz CT molecular complexity index is 1330. The van der Waals surface area contributed by atoms with Gasteiger partial charge >= 0.3 is 0 Å². The highest BCUT2D eigenvalue weighted by Crippen LogP contribution is 2.27. The van der Waals surface area contributed by atoms with Crippen LogP contribution in [0.25, 0.3) is 10.9 Å². The van der Waals surface area contributed by atoms with E-state index in [1.807, 2.05) is 37.3 Å². The van der Waals surface area contributed by atoms with Crippen molar-refractivity contribution in [1.82, 2.24) is 14.3 Å². The quantitative estimate of drug-likeness (QED) is 0.311. The molecule has 9 heteroatoms. The molecule has 0 radical (unpaired) electrons. The van der Waals surface area contributed by atoms with Crippen LogP contribution in [0.5, 0.6) is 0 Å². The number of para-hydroxylation sites is 1. The van der Waals surface area contributed by atoms with Crippen LogP contribution >= 0.6 is 11.6 Å². The molecule has 1 aromatic heterocycles. The van der Waals surface area contributed by atoms with E-state index in [-0.39, 0.29) is 11.4 Å². The van der Waals surface area contributed by atoms with E-state index in [2.05, 4.69) is 21.7 Å². The highest BCUT2D eigenvalue weighted by Gasteiger charge is 2.39. The first-order valence-electron chi connectivity index (χ1n) is 10.6. The van der Waals surface area contributed by atoms with Gasteiger partial charge in [0.15, 0.2) is 0 Å². The molecule has 1 N–H and O–H groups in total. The van der Waals surface area contributed by atoms with Gasteiger partial charge in [-0.3, -0.25) is 4.79 Å². The lowest BCUT2D eigenvalue weighted by Gasteiger charge is -2.22. The van der Waals surface area contributed by atoms with E-state index >= 15 is 0 Å². The predicted octanol–water partition coefficient (Wildman–Crippen LogP) is 4.09. The van der Waals surface area contributed by atoms with Gasteiger partial charge in [-0.25, -0.2) is 13.8 Å². The lowest BCUT2D eigenvalue weighted by atomic mass is 10.1. The van der Waals surface area contributed by atoms with E-state index in [1.54, 1.807) is 6.21 Å². The van der Waals surface area contributed by atoms with Crippen LogP contribution in [0.3, 0.4) is 0 Å². The molecule has 0 aliphatic carbocycles. The first kappa shape index (κ1) is 23.2. The van der Waals surface area contributed by atoms with Crippen molar-refractivity contribution in [2.75, 3.05) is 6.54 Å². The van der Waals surface area contributed by atoms with Crippen LogP contribution in [0, 0.1) is 6.92 Å². The third kappa shape index (κ3) is 4.46. The van der Waals surface area contributed by atoms with Crippen LogP contribution in [0.1, 0.15) is 24.1 Å². The number of nitrogens with zero attached hydrogens (tertiary/aromatic N) is 3. The monoisotopic (exact) mass is 484 g/mol. The van der Waals surface area contributed by atoms with Gasteiger partial charge in [0.2, 0.25) is 10.0 Å². The third-order valence-electron chi connectivity index (χ3n) is 5.89. The first-order chi connectivity index (χ1) is 15.8. The van der Waals surface area contributed by atoms with E-state index in [1.165, 1.54) is 28.6 Å². The van der Waals surface area contributed by atoms with Gasteiger partial charge < -0.3 is 4.57 Å². The van der Waals surface area contributed by atoms with Crippen LogP contribution < -0.4 is 5.43 Å². The molecule has 1 saturated heterocycles. The highest BCUT2D eigenvalue weighted by atomic mass is 35.5. The summed E-state index contributed by atoms with van der Waals surface area (Å²) in [4.78, 5) is 13.0. The largest absolute Gasteiger partial charge is 0.340 e. The van der Waals surface area contributed by atoms with Gasteiger partial charge in [0, 0.05) is 40.3 Å². The maximum absolute atomic E-state index is 13.1. The fourth-order valence-corrected chi connectivity index (χ4v) is 6.03. The number of allylic oxidation sites excluding steroid dienone is 1. The Morgan fingerprint density at radius 2 is 1.97 bits per heavy atom. The van der Waals surface area contributed by atoms with Crippen molar-refractivity contribution in [3.8, 4) is 0 Å². The number of amides is 1. The highest BCUT2D eigenvalue weighted by molar-refractivity contribution is 7.89. The van der Waals surface area contributed by atoms with E-state index in [9.17, 15) is 13.2 Å². The zero-order chi connectivity index (χ0) is 23.6. The van der Waals surface area contributed by atoms with Crippen LogP contribution in [0.15, 0.2) is 71.2 Å². The molecule has 2 heterocycles. The molecule has 0 unspecified atom stereocenters. The average Bonchev–Trinajstić information content (AvgIpc) is 3.40. The van der Waals surface area contributed by atoms with E-state index < -0.39 is 22.0 Å². The Labute approximate surface area is 198 Å². The van der Waals surface area contributed by atoms with Gasteiger partial charge in [0.05, 0.1) is 11.1 Å². The number of hydrazone groups is 1. The topological polar surface area (TPSA) is 83.8 Å². The Kier molecular flexibility index (Phi) is 6.69. The fraction of sp³-hybridized carbons (Fsp3) is 0.250. The molecule has 0 saturated carbocycles. The summed E-state index contributed by atoms with van der Waals surface area (Å²) in [6, 6.07) is 13.1. The SMILES string of the molecule is C=CCn1c(C)c(/C=N\NC(=O)[C@H]2CCCN2S(=O)(=O)c2ccc(Cl)cc2)c2ccccc21. The van der Waals surface area contributed by atoms with Gasteiger partial charge in [0.25, 0.3) is 5.91 Å². The zero-order valence-corrected chi connectivity index (χ0v) is 19.8. The van der Waals surface area contributed by atoms with Gasteiger partial charge in [0.1, 0.15) is 6.04 Å². The number of fused-ring (bicyclic) bond motifs is 1. The summed E-state index contributed by atoms with van der Waals surface area (Å²) in [6.45, 7) is 6.75. The van der Waals surface area contributed by atoms with Gasteiger partial charge in [-0.15, -0.1) is 6.58 Å². The molecule has 1 amide bonds. The van der Waals surface area contributed by atoms with E-state index in [0.717, 1.165) is 22.2 Å². The number of hydrogen-bond donors (Lipinski definition) is 1. The zero-order valence-electron chi connectivity index (χ0n) is 18.2. The number of rotatable bonds is 7. The molecule has 33 heavy (non-hydrogen) atoms. The Balaban J connectivity index is 1.54. The van der Waals surface area contributed by atoms with Gasteiger partial charge in [-0.05, 0) is 50.1 Å². The van der Waals surface area contributed by atoms with Crippen molar-refractivity contribution in [2.45, 2.75) is 37.2 Å². The Morgan fingerprint density at radius 3 is 2.70 bits per heavy atom. The van der Waals surface area contributed by atoms with Crippen LogP contribution in [-0.4, -0.2) is 42.0 Å². The predicted molar refractivity (Wildman–Crippen MR) is 131 cm³/mol. The van der Waals surface area contributed by atoms with E-state index in [4.69, 9.17) is 11.6 Å². The molecule has 2 aromatic carbocycles. The van der Waals surface area contributed by atoms with Crippen molar-refractivity contribution in [3.05, 3.63) is 77.5 Å². The first-order valence-corrected chi connectivity index (χ1v) is 12.5. The normalized spacial score (nSPS) is 17.1. The van der Waals surface area contributed by atoms with Gasteiger partial charge in [-0.1, -0.05) is 35.9 Å². The summed E-state index contributed by atoms with van der Waals surface area (Å²) in [7, 11) is -3.82. The number of hydrogen-bond acceptors (Lipinski definition) is 4. The number of benzene rings is 2. The molecular weight excluding hydrogens is 460 g/mol. The van der Waals surface area contributed by atoms with Crippen LogP contribution in [0.2, 0.25) is 5.02 Å². The summed E-state index contributed by atoms with van der Waals surface area (Å²) in [6.07, 6.45) is 4.48. The number of carbonyl (C=O) groups is 1. The molecule has 0 spiro atoms. The Hall–Kier alpha value is -2.94. The summed E-state index contributed by atoms with van der Waals surface area (Å²) in [5.74, 6) is -0.450. The molecule has 0 bridgehead atoms. The minimum Gasteiger partial charge on any atom is -0.340 e. The maximum atomic E-state index is 13.1. The number of sulfonamides is 1. The summed E-state index contributed by atoms with van der Waals surface area (Å²) < 4.78 is 29.5. The maximum Gasteiger partial charge on any atom is 0.258 e. The average molecular weight is 485 g/mol. The lowest BCUT2D eigenvalue weighted by Crippen LogP contribution is -2.44. The summed E-state index contributed by atoms with van der Waals surface area (Å²) >= 11 is 5.88. The second-order valence-corrected chi connectivity index (χ2v) is 10.2. The van der Waals surface area contributed by atoms with Crippen molar-refractivity contribution in [3.63, 3.8) is 0 Å². The number of carbonyl (C=O) groups excluding carboxylic acids is 1. The summed E-state index contributed by atoms with van der Waals surface area (Å²) in [5.41, 5.74) is 5.49. The van der Waals surface area contributed by atoms with Crippen molar-refractivity contribution < 1.29 is 13.2 Å². The minimum absolute atomic E-state index is 0.112. The van der Waals surface area contributed by atoms with Crippen LogP contribution in [-0.2, 0) is 21.4 Å². The number of aromatic nitrogens is 1. The molecule has 7 nitrogen and oxygen atoms in total. The molecule has 172 valence electrons. The third-order valence-corrected chi connectivity index (χ3v) is 8.06. The summed E-state index contributed by atoms with van der Waals surface area (Å²) in [5, 5.41) is 5.63. The Morgan fingerprint density at radius 1 is 1.24 bits per heavy atom.